The fraction of sp³-hybridized carbons (Fsp3) is 0.286. The van der Waals surface area contributed by atoms with Crippen molar-refractivity contribution < 1.29 is 9.90 Å². The van der Waals surface area contributed by atoms with E-state index in [1.54, 1.807) is 14.0 Å². The average Bonchev–Trinajstić information content (AvgIpc) is 2.94. The Morgan fingerprint density at radius 3 is 2.80 bits per heavy atom. The molecule has 1 amide bonds. The van der Waals surface area contributed by atoms with Crippen molar-refractivity contribution in [3.63, 3.8) is 0 Å². The second kappa shape index (κ2) is 5.60. The maximum atomic E-state index is 12.0. The highest BCUT2D eigenvalue weighted by Crippen LogP contribution is 2.24. The van der Waals surface area contributed by atoms with Gasteiger partial charge in [0.1, 0.15) is 5.60 Å². The molecule has 2 heterocycles. The number of carbonyl (C=O) groups excluding carboxylic acids is 1. The molecule has 106 valence electrons. The lowest BCUT2D eigenvalue weighted by atomic mass is 10.1. The van der Waals surface area contributed by atoms with Gasteiger partial charge in [0, 0.05) is 24.2 Å². The highest BCUT2D eigenvalue weighted by atomic mass is 32.1. The number of aromatic nitrogens is 1. The van der Waals surface area contributed by atoms with Crippen LogP contribution in [-0.4, -0.2) is 22.1 Å². The molecule has 0 spiro atoms. The van der Waals surface area contributed by atoms with Crippen LogP contribution in [0, 0.1) is 0 Å². The lowest BCUT2D eigenvalue weighted by Gasteiger charge is -2.22. The predicted molar refractivity (Wildman–Crippen MR) is 77.9 cm³/mol. The van der Waals surface area contributed by atoms with Gasteiger partial charge in [0.05, 0.1) is 12.1 Å². The predicted octanol–water partition coefficient (Wildman–Crippen LogP) is 1.08. The summed E-state index contributed by atoms with van der Waals surface area (Å²) in [6.07, 6.45) is 1.47. The van der Waals surface area contributed by atoms with E-state index in [2.05, 4.69) is 5.32 Å². The summed E-state index contributed by atoms with van der Waals surface area (Å²) in [4.78, 5) is 24.0. The Morgan fingerprint density at radius 1 is 1.45 bits per heavy atom. The molecule has 0 aliphatic rings. The fourth-order valence-corrected chi connectivity index (χ4v) is 2.54. The van der Waals surface area contributed by atoms with Crippen molar-refractivity contribution in [2.75, 3.05) is 6.54 Å². The van der Waals surface area contributed by atoms with E-state index < -0.39 is 5.60 Å². The minimum atomic E-state index is -1.11. The van der Waals surface area contributed by atoms with E-state index in [-0.39, 0.29) is 18.0 Å². The number of hydrogen-bond acceptors (Lipinski definition) is 4. The quantitative estimate of drug-likeness (QED) is 0.886. The molecular formula is C14H16N2O3S. The third kappa shape index (κ3) is 3.15. The SMILES string of the molecule is Cn1cc(C(=O)NCC(C)(O)c2cccs2)ccc1=O. The number of nitrogens with zero attached hydrogens (tertiary/aromatic N) is 1. The molecule has 0 fully saturated rings. The molecule has 0 aliphatic carbocycles. The maximum Gasteiger partial charge on any atom is 0.252 e. The van der Waals surface area contributed by atoms with Crippen molar-refractivity contribution in [1.29, 1.82) is 0 Å². The zero-order valence-corrected chi connectivity index (χ0v) is 12.1. The van der Waals surface area contributed by atoms with Crippen LogP contribution in [0.5, 0.6) is 0 Å². The van der Waals surface area contributed by atoms with Gasteiger partial charge < -0.3 is 15.0 Å². The van der Waals surface area contributed by atoms with Crippen LogP contribution in [0.3, 0.4) is 0 Å². The first-order valence-electron chi connectivity index (χ1n) is 6.11. The summed E-state index contributed by atoms with van der Waals surface area (Å²) in [5.74, 6) is -0.322. The molecule has 0 bridgehead atoms. The Balaban J connectivity index is 2.05. The van der Waals surface area contributed by atoms with Crippen LogP contribution >= 0.6 is 11.3 Å². The van der Waals surface area contributed by atoms with Crippen LogP contribution in [0.4, 0.5) is 0 Å². The van der Waals surface area contributed by atoms with Crippen LogP contribution < -0.4 is 10.9 Å². The molecule has 0 saturated heterocycles. The number of thiophene rings is 1. The number of aryl methyl sites for hydroxylation is 1. The Hall–Kier alpha value is -1.92. The Morgan fingerprint density at radius 2 is 2.20 bits per heavy atom. The molecule has 2 N–H and O–H groups in total. The number of aliphatic hydroxyl groups is 1. The van der Waals surface area contributed by atoms with E-state index in [4.69, 9.17) is 0 Å². The molecule has 0 aliphatic heterocycles. The number of carbonyl (C=O) groups is 1. The highest BCUT2D eigenvalue weighted by Gasteiger charge is 2.25. The summed E-state index contributed by atoms with van der Waals surface area (Å²) >= 11 is 1.44. The first-order valence-corrected chi connectivity index (χ1v) is 6.99. The summed E-state index contributed by atoms with van der Waals surface area (Å²) in [6.45, 7) is 1.76. The van der Waals surface area contributed by atoms with Gasteiger partial charge in [0.15, 0.2) is 0 Å². The maximum absolute atomic E-state index is 12.0. The highest BCUT2D eigenvalue weighted by molar-refractivity contribution is 7.10. The van der Waals surface area contributed by atoms with Crippen LogP contribution in [0.2, 0.25) is 0 Å². The van der Waals surface area contributed by atoms with Crippen molar-refractivity contribution in [3.8, 4) is 0 Å². The summed E-state index contributed by atoms with van der Waals surface area (Å²) in [7, 11) is 1.58. The van der Waals surface area contributed by atoms with E-state index in [1.807, 2.05) is 17.5 Å². The van der Waals surface area contributed by atoms with E-state index in [1.165, 1.54) is 34.2 Å². The number of nitrogens with one attached hydrogen (secondary N) is 1. The number of rotatable bonds is 4. The van der Waals surface area contributed by atoms with Gasteiger partial charge in [-0.1, -0.05) is 6.07 Å². The van der Waals surface area contributed by atoms with Crippen LogP contribution in [0.15, 0.2) is 40.6 Å². The van der Waals surface area contributed by atoms with Crippen LogP contribution in [-0.2, 0) is 12.6 Å². The van der Waals surface area contributed by atoms with Crippen LogP contribution in [0.1, 0.15) is 22.2 Å². The summed E-state index contributed by atoms with van der Waals surface area (Å²) < 4.78 is 1.34. The van der Waals surface area contributed by atoms with Gasteiger partial charge >= 0.3 is 0 Å². The molecule has 0 aromatic carbocycles. The smallest absolute Gasteiger partial charge is 0.252 e. The number of amides is 1. The van der Waals surface area contributed by atoms with Crippen molar-refractivity contribution in [2.24, 2.45) is 7.05 Å². The van der Waals surface area contributed by atoms with Crippen molar-refractivity contribution in [2.45, 2.75) is 12.5 Å². The van der Waals surface area contributed by atoms with E-state index in [9.17, 15) is 14.7 Å². The molecule has 1 atom stereocenters. The standard InChI is InChI=1S/C14H16N2O3S/c1-14(19,11-4-3-7-20-11)9-15-13(18)10-5-6-12(17)16(2)8-10/h3-8,19H,9H2,1-2H3,(H,15,18). The van der Waals surface area contributed by atoms with Gasteiger partial charge in [-0.3, -0.25) is 9.59 Å². The van der Waals surface area contributed by atoms with Crippen molar-refractivity contribution in [1.82, 2.24) is 9.88 Å². The first-order chi connectivity index (χ1) is 9.40. The Bertz CT molecular complexity index is 659. The van der Waals surface area contributed by atoms with Gasteiger partial charge in [0.25, 0.3) is 5.91 Å². The molecule has 2 aromatic rings. The van der Waals surface area contributed by atoms with Gasteiger partial charge in [-0.15, -0.1) is 11.3 Å². The average molecular weight is 292 g/mol. The second-order valence-corrected chi connectivity index (χ2v) is 5.75. The van der Waals surface area contributed by atoms with Gasteiger partial charge in [-0.25, -0.2) is 0 Å². The largest absolute Gasteiger partial charge is 0.383 e. The molecular weight excluding hydrogens is 276 g/mol. The minimum absolute atomic E-state index is 0.106. The van der Waals surface area contributed by atoms with Gasteiger partial charge in [0.2, 0.25) is 5.56 Å². The summed E-state index contributed by atoms with van der Waals surface area (Å²) in [5.41, 5.74) is -0.897. The molecule has 20 heavy (non-hydrogen) atoms. The van der Waals surface area contributed by atoms with E-state index in [0.717, 1.165) is 4.88 Å². The third-order valence-corrected chi connectivity index (χ3v) is 4.12. The summed E-state index contributed by atoms with van der Waals surface area (Å²) in [6, 6.07) is 6.48. The molecule has 2 rings (SSSR count). The lowest BCUT2D eigenvalue weighted by Crippen LogP contribution is -2.38. The zero-order chi connectivity index (χ0) is 14.8. The zero-order valence-electron chi connectivity index (χ0n) is 11.3. The fourth-order valence-electron chi connectivity index (χ4n) is 1.75. The third-order valence-electron chi connectivity index (χ3n) is 2.99. The topological polar surface area (TPSA) is 71.3 Å². The van der Waals surface area contributed by atoms with Crippen molar-refractivity contribution >= 4 is 17.2 Å². The van der Waals surface area contributed by atoms with E-state index >= 15 is 0 Å². The lowest BCUT2D eigenvalue weighted by molar-refractivity contribution is 0.0556. The normalized spacial score (nSPS) is 13.8. The molecule has 6 heteroatoms. The summed E-state index contributed by atoms with van der Waals surface area (Å²) in [5, 5.41) is 14.9. The number of hydrogen-bond donors (Lipinski definition) is 2. The van der Waals surface area contributed by atoms with E-state index in [0.29, 0.717) is 5.56 Å². The molecule has 0 saturated carbocycles. The second-order valence-electron chi connectivity index (χ2n) is 4.80. The molecule has 2 aromatic heterocycles. The molecule has 0 radical (unpaired) electrons. The Labute approximate surface area is 120 Å². The van der Waals surface area contributed by atoms with Crippen LogP contribution in [0.25, 0.3) is 0 Å². The Kier molecular flexibility index (Phi) is 4.06. The first kappa shape index (κ1) is 14.5. The monoisotopic (exact) mass is 292 g/mol. The van der Waals surface area contributed by atoms with Gasteiger partial charge in [-0.2, -0.15) is 0 Å². The molecule has 1 unspecified atom stereocenters. The van der Waals surface area contributed by atoms with Gasteiger partial charge in [-0.05, 0) is 24.4 Å². The van der Waals surface area contributed by atoms with Crippen molar-refractivity contribution in [3.05, 3.63) is 56.6 Å². The molecule has 5 nitrogen and oxygen atoms in total. The number of pyridine rings is 1. The minimum Gasteiger partial charge on any atom is -0.383 e.